The van der Waals surface area contributed by atoms with E-state index in [4.69, 9.17) is 4.74 Å². The number of fused-ring (bicyclic) bond motifs is 1. The highest BCUT2D eigenvalue weighted by Crippen LogP contribution is 2.35. The maximum Gasteiger partial charge on any atom is 0.154 e. The Morgan fingerprint density at radius 1 is 0.800 bits per heavy atom. The highest BCUT2D eigenvalue weighted by Gasteiger charge is 2.23. The lowest BCUT2D eigenvalue weighted by atomic mass is 10.2. The lowest BCUT2D eigenvalue weighted by molar-refractivity contribution is 0.112. The molecule has 4 aromatic rings. The standard InChI is InChI=1S/C25H23N3O2/c29-18-23-22-8-4-5-9-24(22)28(25(23)27-16-14-26-15-17-27)19-10-12-21(13-11-19)30-20-6-2-1-3-7-20/h1-13,18,26H,14-17H2. The zero-order chi connectivity index (χ0) is 20.3. The van der Waals surface area contributed by atoms with E-state index in [1.165, 1.54) is 0 Å². The van der Waals surface area contributed by atoms with E-state index in [-0.39, 0.29) is 0 Å². The summed E-state index contributed by atoms with van der Waals surface area (Å²) in [4.78, 5) is 14.4. The maximum atomic E-state index is 12.1. The van der Waals surface area contributed by atoms with E-state index in [2.05, 4.69) is 20.9 Å². The van der Waals surface area contributed by atoms with E-state index in [1.807, 2.05) is 72.8 Å². The van der Waals surface area contributed by atoms with Gasteiger partial charge in [0.2, 0.25) is 0 Å². The number of carbonyl (C=O) groups is 1. The van der Waals surface area contributed by atoms with Gasteiger partial charge in [-0.15, -0.1) is 0 Å². The summed E-state index contributed by atoms with van der Waals surface area (Å²) in [5.41, 5.74) is 2.79. The molecule has 1 aliphatic rings. The van der Waals surface area contributed by atoms with Crippen LogP contribution in [0.15, 0.2) is 78.9 Å². The van der Waals surface area contributed by atoms with Crippen molar-refractivity contribution in [3.63, 3.8) is 0 Å². The van der Waals surface area contributed by atoms with Crippen LogP contribution in [-0.4, -0.2) is 37.0 Å². The van der Waals surface area contributed by atoms with Gasteiger partial charge >= 0.3 is 0 Å². The molecule has 5 heteroatoms. The first-order chi connectivity index (χ1) is 14.8. The Kier molecular flexibility index (Phi) is 4.95. The van der Waals surface area contributed by atoms with Crippen LogP contribution in [-0.2, 0) is 0 Å². The van der Waals surface area contributed by atoms with Gasteiger partial charge in [-0.1, -0.05) is 36.4 Å². The second-order valence-corrected chi connectivity index (χ2v) is 7.35. The Morgan fingerprint density at radius 3 is 2.20 bits per heavy atom. The topological polar surface area (TPSA) is 46.5 Å². The van der Waals surface area contributed by atoms with Crippen LogP contribution >= 0.6 is 0 Å². The fourth-order valence-electron chi connectivity index (χ4n) is 4.11. The number of benzene rings is 3. The summed E-state index contributed by atoms with van der Waals surface area (Å²) < 4.78 is 8.14. The molecule has 5 rings (SSSR count). The molecule has 0 amide bonds. The highest BCUT2D eigenvalue weighted by molar-refractivity contribution is 6.05. The molecular weight excluding hydrogens is 374 g/mol. The first-order valence-electron chi connectivity index (χ1n) is 10.2. The number of piperazine rings is 1. The average molecular weight is 397 g/mol. The molecule has 1 fully saturated rings. The van der Waals surface area contributed by atoms with Gasteiger partial charge < -0.3 is 15.0 Å². The van der Waals surface area contributed by atoms with E-state index in [1.54, 1.807) is 0 Å². The first kappa shape index (κ1) is 18.5. The van der Waals surface area contributed by atoms with Crippen molar-refractivity contribution in [2.75, 3.05) is 31.1 Å². The van der Waals surface area contributed by atoms with Crippen molar-refractivity contribution in [1.82, 2.24) is 9.88 Å². The molecule has 2 heterocycles. The van der Waals surface area contributed by atoms with Crippen LogP contribution < -0.4 is 15.0 Å². The Hall–Kier alpha value is -3.57. The van der Waals surface area contributed by atoms with Crippen molar-refractivity contribution in [2.24, 2.45) is 0 Å². The summed E-state index contributed by atoms with van der Waals surface area (Å²) in [5, 5.41) is 4.37. The molecule has 1 N–H and O–H groups in total. The van der Waals surface area contributed by atoms with Crippen LogP contribution in [0.2, 0.25) is 0 Å². The number of para-hydroxylation sites is 2. The first-order valence-corrected chi connectivity index (χ1v) is 10.2. The van der Waals surface area contributed by atoms with Gasteiger partial charge in [0, 0.05) is 37.3 Å². The fourth-order valence-corrected chi connectivity index (χ4v) is 4.11. The van der Waals surface area contributed by atoms with Gasteiger partial charge in [0.05, 0.1) is 11.1 Å². The number of carbonyl (C=O) groups excluding carboxylic acids is 1. The minimum absolute atomic E-state index is 0.747. The van der Waals surface area contributed by atoms with E-state index < -0.39 is 0 Å². The Morgan fingerprint density at radius 2 is 1.47 bits per heavy atom. The molecule has 0 aliphatic carbocycles. The zero-order valence-electron chi connectivity index (χ0n) is 16.6. The number of aldehydes is 1. The molecule has 0 bridgehead atoms. The summed E-state index contributed by atoms with van der Waals surface area (Å²) in [6.07, 6.45) is 0.989. The van der Waals surface area contributed by atoms with Crippen LogP contribution in [0.3, 0.4) is 0 Å². The van der Waals surface area contributed by atoms with Crippen LogP contribution in [0.1, 0.15) is 10.4 Å². The molecule has 5 nitrogen and oxygen atoms in total. The van der Waals surface area contributed by atoms with Crippen LogP contribution in [0, 0.1) is 0 Å². The van der Waals surface area contributed by atoms with Crippen molar-refractivity contribution >= 4 is 23.0 Å². The fraction of sp³-hybridized carbons (Fsp3) is 0.160. The monoisotopic (exact) mass is 397 g/mol. The minimum atomic E-state index is 0.747. The van der Waals surface area contributed by atoms with Gasteiger partial charge in [-0.2, -0.15) is 0 Å². The molecule has 0 saturated carbocycles. The molecule has 150 valence electrons. The number of hydrogen-bond donors (Lipinski definition) is 1. The van der Waals surface area contributed by atoms with E-state index in [9.17, 15) is 4.79 Å². The Labute approximate surface area is 175 Å². The molecule has 0 unspecified atom stereocenters. The Bertz CT molecular complexity index is 1160. The smallest absolute Gasteiger partial charge is 0.154 e. The minimum Gasteiger partial charge on any atom is -0.457 e. The lowest BCUT2D eigenvalue weighted by Crippen LogP contribution is -2.44. The second kappa shape index (κ2) is 8.05. The largest absolute Gasteiger partial charge is 0.457 e. The molecule has 0 atom stereocenters. The molecular formula is C25H23N3O2. The molecule has 0 spiro atoms. The number of aromatic nitrogens is 1. The SMILES string of the molecule is O=Cc1c(N2CCNCC2)n(-c2ccc(Oc3ccccc3)cc2)c2ccccc12. The second-order valence-electron chi connectivity index (χ2n) is 7.35. The summed E-state index contributed by atoms with van der Waals surface area (Å²) in [5.74, 6) is 2.55. The molecule has 0 radical (unpaired) electrons. The van der Waals surface area contributed by atoms with E-state index in [0.717, 1.165) is 71.9 Å². The van der Waals surface area contributed by atoms with Gasteiger partial charge in [-0.25, -0.2) is 0 Å². The van der Waals surface area contributed by atoms with Crippen molar-refractivity contribution in [3.05, 3.63) is 84.4 Å². The zero-order valence-corrected chi connectivity index (χ0v) is 16.6. The van der Waals surface area contributed by atoms with Crippen molar-refractivity contribution < 1.29 is 9.53 Å². The third-order valence-electron chi connectivity index (χ3n) is 5.50. The summed E-state index contributed by atoms with van der Waals surface area (Å²) in [6.45, 7) is 3.55. The molecule has 1 aliphatic heterocycles. The number of nitrogens with zero attached hydrogens (tertiary/aromatic N) is 2. The summed E-state index contributed by atoms with van der Waals surface area (Å²) in [6, 6.07) is 25.9. The van der Waals surface area contributed by atoms with Gasteiger partial charge in [-0.05, 0) is 42.5 Å². The molecule has 1 aromatic heterocycles. The van der Waals surface area contributed by atoms with Crippen molar-refractivity contribution in [1.29, 1.82) is 0 Å². The predicted octanol–water partition coefficient (Wildman–Crippen LogP) is 4.64. The van der Waals surface area contributed by atoms with Crippen LogP contribution in [0.25, 0.3) is 16.6 Å². The van der Waals surface area contributed by atoms with Gasteiger partial charge in [-0.3, -0.25) is 9.36 Å². The van der Waals surface area contributed by atoms with Crippen LogP contribution in [0.4, 0.5) is 5.82 Å². The lowest BCUT2D eigenvalue weighted by Gasteiger charge is -2.31. The normalized spacial score (nSPS) is 14.1. The number of ether oxygens (including phenoxy) is 1. The number of nitrogens with one attached hydrogen (secondary N) is 1. The quantitative estimate of drug-likeness (QED) is 0.498. The maximum absolute atomic E-state index is 12.1. The summed E-state index contributed by atoms with van der Waals surface area (Å²) in [7, 11) is 0. The van der Waals surface area contributed by atoms with Crippen molar-refractivity contribution in [2.45, 2.75) is 0 Å². The van der Waals surface area contributed by atoms with Crippen molar-refractivity contribution in [3.8, 4) is 17.2 Å². The summed E-state index contributed by atoms with van der Waals surface area (Å²) >= 11 is 0. The highest BCUT2D eigenvalue weighted by atomic mass is 16.5. The third-order valence-corrected chi connectivity index (χ3v) is 5.50. The molecule has 1 saturated heterocycles. The Balaban J connectivity index is 1.60. The number of hydrogen-bond acceptors (Lipinski definition) is 4. The van der Waals surface area contributed by atoms with Gasteiger partial charge in [0.15, 0.2) is 6.29 Å². The van der Waals surface area contributed by atoms with E-state index >= 15 is 0 Å². The molecule has 30 heavy (non-hydrogen) atoms. The van der Waals surface area contributed by atoms with E-state index in [0.29, 0.717) is 0 Å². The number of rotatable bonds is 5. The van der Waals surface area contributed by atoms with Gasteiger partial charge in [0.1, 0.15) is 17.3 Å². The van der Waals surface area contributed by atoms with Crippen LogP contribution in [0.5, 0.6) is 11.5 Å². The predicted molar refractivity (Wildman–Crippen MR) is 120 cm³/mol. The third kappa shape index (κ3) is 3.33. The number of anilines is 1. The molecule has 3 aromatic carbocycles. The van der Waals surface area contributed by atoms with Gasteiger partial charge in [0.25, 0.3) is 0 Å². The average Bonchev–Trinajstić information content (AvgIpc) is 3.15.